The van der Waals surface area contributed by atoms with Crippen LogP contribution in [0, 0.1) is 5.41 Å². The Morgan fingerprint density at radius 3 is 1.52 bits per heavy atom. The molecule has 128 valence electrons. The minimum atomic E-state index is -1.48. The van der Waals surface area contributed by atoms with Crippen molar-refractivity contribution in [2.45, 2.75) is 6.92 Å². The first-order valence-corrected chi connectivity index (χ1v) is 6.28. The van der Waals surface area contributed by atoms with Crippen molar-refractivity contribution < 1.29 is 45.0 Å². The van der Waals surface area contributed by atoms with Gasteiger partial charge in [0.25, 0.3) is 0 Å². The fourth-order valence-electron chi connectivity index (χ4n) is 1.19. The van der Waals surface area contributed by atoms with E-state index >= 15 is 0 Å². The number of rotatable bonds is 6. The molecule has 9 heteroatoms. The van der Waals surface area contributed by atoms with Crippen molar-refractivity contribution in [3.8, 4) is 0 Å². The lowest BCUT2D eigenvalue weighted by molar-refractivity contribution is 0.0200. The average molecular weight is 330 g/mol. The number of carbonyl (C=O) groups is 3. The Balaban J connectivity index is 0.000000515. The van der Waals surface area contributed by atoms with Crippen molar-refractivity contribution in [2.75, 3.05) is 19.8 Å². The minimum absolute atomic E-state index is 0.181. The number of carboxylic acid groups (broad SMARTS) is 3. The quantitative estimate of drug-likeness (QED) is 0.411. The van der Waals surface area contributed by atoms with Crippen LogP contribution in [0.5, 0.6) is 0 Å². The number of aromatic carboxylic acids is 3. The highest BCUT2D eigenvalue weighted by Crippen LogP contribution is 2.13. The van der Waals surface area contributed by atoms with Gasteiger partial charge in [0.2, 0.25) is 0 Å². The molecule has 0 radical (unpaired) electrons. The summed E-state index contributed by atoms with van der Waals surface area (Å²) < 4.78 is 0. The van der Waals surface area contributed by atoms with Gasteiger partial charge in [-0.05, 0) is 18.2 Å². The molecular weight excluding hydrogens is 312 g/mol. The third-order valence-corrected chi connectivity index (χ3v) is 2.87. The van der Waals surface area contributed by atoms with E-state index in [9.17, 15) is 14.4 Å². The SMILES string of the molecule is CC(CO)(CO)CO.O=C(O)c1ccc(C(=O)O)c(C(=O)O)c1. The molecule has 0 aliphatic carbocycles. The van der Waals surface area contributed by atoms with Gasteiger partial charge in [-0.3, -0.25) is 0 Å². The Morgan fingerprint density at radius 1 is 0.826 bits per heavy atom. The Labute approximate surface area is 131 Å². The van der Waals surface area contributed by atoms with Crippen molar-refractivity contribution in [1.82, 2.24) is 0 Å². The molecule has 23 heavy (non-hydrogen) atoms. The summed E-state index contributed by atoms with van der Waals surface area (Å²) in [7, 11) is 0. The van der Waals surface area contributed by atoms with Gasteiger partial charge in [-0.2, -0.15) is 0 Å². The first kappa shape index (κ1) is 20.5. The van der Waals surface area contributed by atoms with Crippen LogP contribution in [0.2, 0.25) is 0 Å². The van der Waals surface area contributed by atoms with Crippen LogP contribution in [0.1, 0.15) is 38.0 Å². The molecule has 0 atom stereocenters. The number of hydrogen-bond acceptors (Lipinski definition) is 6. The maximum Gasteiger partial charge on any atom is 0.336 e. The highest BCUT2D eigenvalue weighted by Gasteiger charge is 2.20. The number of benzene rings is 1. The second-order valence-electron chi connectivity index (χ2n) is 4.96. The summed E-state index contributed by atoms with van der Waals surface area (Å²) in [6.07, 6.45) is 0. The smallest absolute Gasteiger partial charge is 0.336 e. The van der Waals surface area contributed by atoms with E-state index in [-0.39, 0.29) is 25.4 Å². The molecule has 1 aromatic rings. The zero-order chi connectivity index (χ0) is 18.2. The predicted octanol–water partition coefficient (Wildman–Crippen LogP) is -0.249. The molecule has 1 aromatic carbocycles. The standard InChI is InChI=1S/C9H6O6.C5H12O3/c10-7(11)4-1-2-5(8(12)13)6(3-4)9(14)15;1-5(2-6,3-7)4-8/h1-3H,(H,10,11)(H,12,13)(H,14,15);6-8H,2-4H2,1H3. The highest BCUT2D eigenvalue weighted by atomic mass is 16.4. The molecule has 6 N–H and O–H groups in total. The van der Waals surface area contributed by atoms with Crippen LogP contribution in [0.3, 0.4) is 0 Å². The van der Waals surface area contributed by atoms with Gasteiger partial charge in [0.05, 0.1) is 36.5 Å². The molecule has 0 bridgehead atoms. The number of hydrogen-bond donors (Lipinski definition) is 6. The number of aliphatic hydroxyl groups is 3. The van der Waals surface area contributed by atoms with E-state index in [1.54, 1.807) is 6.92 Å². The molecule has 0 saturated carbocycles. The summed E-state index contributed by atoms with van der Waals surface area (Å²) in [5, 5.41) is 51.3. The normalized spacial score (nSPS) is 10.4. The van der Waals surface area contributed by atoms with Crippen molar-refractivity contribution in [3.63, 3.8) is 0 Å². The summed E-state index contributed by atoms with van der Waals surface area (Å²) in [5.41, 5.74) is -1.95. The summed E-state index contributed by atoms with van der Waals surface area (Å²) in [5.74, 6) is -4.20. The van der Waals surface area contributed by atoms with Gasteiger partial charge in [0.1, 0.15) is 0 Å². The average Bonchev–Trinajstić information content (AvgIpc) is 2.53. The van der Waals surface area contributed by atoms with Gasteiger partial charge < -0.3 is 30.6 Å². The lowest BCUT2D eigenvalue weighted by atomic mass is 9.95. The first-order chi connectivity index (χ1) is 10.6. The van der Waals surface area contributed by atoms with E-state index in [4.69, 9.17) is 30.6 Å². The molecule has 0 aliphatic heterocycles. The summed E-state index contributed by atoms with van der Waals surface area (Å²) >= 11 is 0. The van der Waals surface area contributed by atoms with Crippen LogP contribution in [0.15, 0.2) is 18.2 Å². The Hall–Kier alpha value is -2.49. The zero-order valence-corrected chi connectivity index (χ0v) is 12.3. The maximum absolute atomic E-state index is 10.6. The largest absolute Gasteiger partial charge is 0.478 e. The maximum atomic E-state index is 10.6. The van der Waals surface area contributed by atoms with E-state index in [1.807, 2.05) is 0 Å². The van der Waals surface area contributed by atoms with E-state index in [2.05, 4.69) is 0 Å². The third kappa shape index (κ3) is 6.02. The second kappa shape index (κ2) is 8.83. The Bertz CT molecular complexity index is 567. The van der Waals surface area contributed by atoms with Crippen LogP contribution in [-0.2, 0) is 0 Å². The van der Waals surface area contributed by atoms with Crippen LogP contribution in [0.25, 0.3) is 0 Å². The van der Waals surface area contributed by atoms with Gasteiger partial charge in [0, 0.05) is 5.41 Å². The van der Waals surface area contributed by atoms with Crippen LogP contribution < -0.4 is 0 Å². The molecule has 0 spiro atoms. The van der Waals surface area contributed by atoms with Crippen LogP contribution >= 0.6 is 0 Å². The van der Waals surface area contributed by atoms with Crippen LogP contribution in [-0.4, -0.2) is 68.4 Å². The predicted molar refractivity (Wildman–Crippen MR) is 76.7 cm³/mol. The van der Waals surface area contributed by atoms with E-state index in [0.717, 1.165) is 18.2 Å². The number of aliphatic hydroxyl groups excluding tert-OH is 3. The molecule has 0 heterocycles. The topological polar surface area (TPSA) is 173 Å². The third-order valence-electron chi connectivity index (χ3n) is 2.87. The van der Waals surface area contributed by atoms with E-state index in [1.165, 1.54) is 0 Å². The van der Waals surface area contributed by atoms with Crippen molar-refractivity contribution >= 4 is 17.9 Å². The second-order valence-corrected chi connectivity index (χ2v) is 4.96. The van der Waals surface area contributed by atoms with Gasteiger partial charge >= 0.3 is 17.9 Å². The molecule has 0 aliphatic rings. The summed E-state index contributed by atoms with van der Waals surface area (Å²) in [6, 6.07) is 2.81. The highest BCUT2D eigenvalue weighted by molar-refractivity contribution is 6.03. The molecule has 0 fully saturated rings. The van der Waals surface area contributed by atoms with Crippen LogP contribution in [0.4, 0.5) is 0 Å². The monoisotopic (exact) mass is 330 g/mol. The number of carboxylic acids is 3. The minimum Gasteiger partial charge on any atom is -0.478 e. The first-order valence-electron chi connectivity index (χ1n) is 6.28. The van der Waals surface area contributed by atoms with Gasteiger partial charge in [-0.25, -0.2) is 14.4 Å². The van der Waals surface area contributed by atoms with Gasteiger partial charge in [-0.1, -0.05) is 6.92 Å². The Morgan fingerprint density at radius 2 is 1.26 bits per heavy atom. The van der Waals surface area contributed by atoms with Gasteiger partial charge in [0.15, 0.2) is 0 Å². The van der Waals surface area contributed by atoms with Crippen molar-refractivity contribution in [1.29, 1.82) is 0 Å². The molecule has 1 rings (SSSR count). The zero-order valence-electron chi connectivity index (χ0n) is 12.3. The van der Waals surface area contributed by atoms with Gasteiger partial charge in [-0.15, -0.1) is 0 Å². The molecule has 9 nitrogen and oxygen atoms in total. The molecule has 0 aromatic heterocycles. The lowest BCUT2D eigenvalue weighted by Crippen LogP contribution is -2.29. The van der Waals surface area contributed by atoms with E-state index in [0.29, 0.717) is 0 Å². The fraction of sp³-hybridized carbons (Fsp3) is 0.357. The lowest BCUT2D eigenvalue weighted by Gasteiger charge is -2.20. The Kier molecular flexibility index (Phi) is 7.88. The summed E-state index contributed by atoms with van der Waals surface area (Å²) in [6.45, 7) is 1.06. The molecule has 0 amide bonds. The van der Waals surface area contributed by atoms with E-state index < -0.39 is 34.4 Å². The molecule has 0 saturated heterocycles. The summed E-state index contributed by atoms with van der Waals surface area (Å²) in [4.78, 5) is 31.8. The molecular formula is C14H18O9. The molecule has 0 unspecified atom stereocenters. The van der Waals surface area contributed by atoms with Crippen molar-refractivity contribution in [2.24, 2.45) is 5.41 Å². The van der Waals surface area contributed by atoms with Crippen molar-refractivity contribution in [3.05, 3.63) is 34.9 Å². The fourth-order valence-corrected chi connectivity index (χ4v) is 1.19.